The van der Waals surface area contributed by atoms with Crippen molar-refractivity contribution in [3.8, 4) is 0 Å². The van der Waals surface area contributed by atoms with Crippen LogP contribution in [-0.2, 0) is 0 Å². The second-order valence-electron chi connectivity index (χ2n) is 13.1. The third-order valence-corrected chi connectivity index (χ3v) is 10.5. The van der Waals surface area contributed by atoms with Gasteiger partial charge in [-0.1, -0.05) is 71.4 Å². The first-order valence-corrected chi connectivity index (χ1v) is 13.2. The van der Waals surface area contributed by atoms with Crippen molar-refractivity contribution < 1.29 is 5.11 Å². The zero-order valence-electron chi connectivity index (χ0n) is 21.4. The summed E-state index contributed by atoms with van der Waals surface area (Å²) in [4.78, 5) is 0. The van der Waals surface area contributed by atoms with Gasteiger partial charge in [-0.05, 0) is 110 Å². The van der Waals surface area contributed by atoms with Gasteiger partial charge in [0.25, 0.3) is 0 Å². The van der Waals surface area contributed by atoms with Crippen LogP contribution in [0, 0.1) is 45.8 Å². The number of aliphatic hydroxyl groups is 1. The molecular formula is C30H48O. The van der Waals surface area contributed by atoms with Crippen LogP contribution >= 0.6 is 0 Å². The minimum atomic E-state index is -0.0941. The maximum atomic E-state index is 10.3. The van der Waals surface area contributed by atoms with Gasteiger partial charge in [-0.3, -0.25) is 0 Å². The summed E-state index contributed by atoms with van der Waals surface area (Å²) in [6.07, 6.45) is 19.8. The molecule has 4 rings (SSSR count). The quantitative estimate of drug-likeness (QED) is 0.358. The van der Waals surface area contributed by atoms with Crippen molar-refractivity contribution in [3.63, 3.8) is 0 Å². The molecule has 0 radical (unpaired) electrons. The number of aliphatic hydroxyl groups excluding tert-OH is 1. The highest BCUT2D eigenvalue weighted by Gasteiger charge is 2.58. The van der Waals surface area contributed by atoms with Gasteiger partial charge in [-0.2, -0.15) is 0 Å². The van der Waals surface area contributed by atoms with E-state index in [4.69, 9.17) is 0 Å². The Bertz CT molecular complexity index is 764. The minimum Gasteiger partial charge on any atom is -0.393 e. The lowest BCUT2D eigenvalue weighted by atomic mass is 9.47. The zero-order valence-corrected chi connectivity index (χ0v) is 21.4. The lowest BCUT2D eigenvalue weighted by Gasteiger charge is -2.58. The van der Waals surface area contributed by atoms with E-state index in [1.807, 2.05) is 0 Å². The number of fused-ring (bicyclic) bond motifs is 5. The Morgan fingerprint density at radius 3 is 2.52 bits per heavy atom. The SMILES string of the molecule is CC=C(C=CC(C)C1CCC2C3CC=C4CC(O)CCC4(C)C3CCC12C)C(C)(C)C. The van der Waals surface area contributed by atoms with E-state index in [1.54, 1.807) is 5.57 Å². The van der Waals surface area contributed by atoms with Crippen molar-refractivity contribution in [1.29, 1.82) is 0 Å². The average molecular weight is 425 g/mol. The molecule has 0 aliphatic heterocycles. The summed E-state index contributed by atoms with van der Waals surface area (Å²) >= 11 is 0. The summed E-state index contributed by atoms with van der Waals surface area (Å²) in [6.45, 7) is 16.8. The molecule has 4 aliphatic rings. The van der Waals surface area contributed by atoms with Crippen LogP contribution in [0.15, 0.2) is 35.5 Å². The molecule has 0 spiro atoms. The first kappa shape index (κ1) is 23.3. The molecule has 0 aromatic carbocycles. The van der Waals surface area contributed by atoms with Gasteiger partial charge >= 0.3 is 0 Å². The Morgan fingerprint density at radius 1 is 1.10 bits per heavy atom. The van der Waals surface area contributed by atoms with E-state index in [1.165, 1.54) is 44.1 Å². The summed E-state index contributed by atoms with van der Waals surface area (Å²) < 4.78 is 0. The van der Waals surface area contributed by atoms with Crippen LogP contribution in [-0.4, -0.2) is 11.2 Å². The van der Waals surface area contributed by atoms with Gasteiger partial charge in [-0.25, -0.2) is 0 Å². The molecule has 0 bridgehead atoms. The molecule has 3 saturated carbocycles. The van der Waals surface area contributed by atoms with Gasteiger partial charge in [0.15, 0.2) is 0 Å². The predicted octanol–water partition coefficient (Wildman–Crippen LogP) is 8.11. The predicted molar refractivity (Wildman–Crippen MR) is 133 cm³/mol. The summed E-state index contributed by atoms with van der Waals surface area (Å²) in [6, 6.07) is 0. The highest BCUT2D eigenvalue weighted by molar-refractivity contribution is 5.27. The highest BCUT2D eigenvalue weighted by Crippen LogP contribution is 2.67. The standard InChI is InChI=1S/C30H48O/c1-8-21(28(3,4)5)10-9-20(2)25-13-14-26-24-12-11-22-19-23(31)15-17-29(22,6)27(24)16-18-30(25,26)7/h8-11,20,23-27,31H,12-19H2,1-7H3. The summed E-state index contributed by atoms with van der Waals surface area (Å²) in [7, 11) is 0. The van der Waals surface area contributed by atoms with E-state index in [-0.39, 0.29) is 11.5 Å². The van der Waals surface area contributed by atoms with Gasteiger partial charge in [0, 0.05) is 0 Å². The molecule has 8 atom stereocenters. The van der Waals surface area contributed by atoms with Crippen LogP contribution in [0.2, 0.25) is 0 Å². The lowest BCUT2D eigenvalue weighted by Crippen LogP contribution is -2.50. The summed E-state index contributed by atoms with van der Waals surface area (Å²) in [5, 5.41) is 10.3. The average Bonchev–Trinajstić information content (AvgIpc) is 3.05. The van der Waals surface area contributed by atoms with Crippen molar-refractivity contribution >= 4 is 0 Å². The molecule has 1 nitrogen and oxygen atoms in total. The second-order valence-corrected chi connectivity index (χ2v) is 13.1. The third kappa shape index (κ3) is 3.92. The molecule has 0 saturated heterocycles. The van der Waals surface area contributed by atoms with Crippen LogP contribution in [0.1, 0.15) is 99.8 Å². The maximum absolute atomic E-state index is 10.3. The number of hydrogen-bond acceptors (Lipinski definition) is 1. The van der Waals surface area contributed by atoms with Crippen molar-refractivity contribution in [1.82, 2.24) is 0 Å². The fraction of sp³-hybridized carbons (Fsp3) is 0.800. The molecular weight excluding hydrogens is 376 g/mol. The minimum absolute atomic E-state index is 0.0941. The van der Waals surface area contributed by atoms with E-state index in [0.29, 0.717) is 16.7 Å². The fourth-order valence-corrected chi connectivity index (χ4v) is 8.71. The molecule has 1 N–H and O–H groups in total. The van der Waals surface area contributed by atoms with E-state index in [9.17, 15) is 5.11 Å². The van der Waals surface area contributed by atoms with Crippen molar-refractivity contribution in [3.05, 3.63) is 35.5 Å². The van der Waals surface area contributed by atoms with Gasteiger partial charge in [-0.15, -0.1) is 0 Å². The molecule has 0 aromatic rings. The Kier molecular flexibility index (Phi) is 6.17. The second kappa shape index (κ2) is 8.19. The molecule has 4 aliphatic carbocycles. The number of rotatable bonds is 3. The van der Waals surface area contributed by atoms with Crippen LogP contribution < -0.4 is 0 Å². The van der Waals surface area contributed by atoms with Gasteiger partial charge in [0.2, 0.25) is 0 Å². The third-order valence-electron chi connectivity index (χ3n) is 10.5. The Labute approximate surface area is 192 Å². The molecule has 0 aromatic heterocycles. The van der Waals surface area contributed by atoms with Gasteiger partial charge < -0.3 is 5.11 Å². The Balaban J connectivity index is 1.53. The summed E-state index contributed by atoms with van der Waals surface area (Å²) in [5.74, 6) is 4.07. The van der Waals surface area contributed by atoms with Crippen LogP contribution in [0.3, 0.4) is 0 Å². The molecule has 3 fully saturated rings. The highest BCUT2D eigenvalue weighted by atomic mass is 16.3. The van der Waals surface area contributed by atoms with E-state index < -0.39 is 0 Å². The zero-order chi connectivity index (χ0) is 22.6. The Hall–Kier alpha value is -0.820. The van der Waals surface area contributed by atoms with E-state index in [2.05, 4.69) is 72.8 Å². The molecule has 8 unspecified atom stereocenters. The monoisotopic (exact) mass is 424 g/mol. The smallest absolute Gasteiger partial charge is 0.0577 e. The van der Waals surface area contributed by atoms with E-state index >= 15 is 0 Å². The van der Waals surface area contributed by atoms with Crippen molar-refractivity contribution in [2.75, 3.05) is 0 Å². The molecule has 0 amide bonds. The Morgan fingerprint density at radius 2 is 1.84 bits per heavy atom. The molecule has 0 heterocycles. The van der Waals surface area contributed by atoms with Crippen LogP contribution in [0.25, 0.3) is 0 Å². The van der Waals surface area contributed by atoms with Gasteiger partial charge in [0.05, 0.1) is 6.10 Å². The summed E-state index contributed by atoms with van der Waals surface area (Å²) in [5.41, 5.74) is 4.14. The normalized spacial score (nSPS) is 44.5. The van der Waals surface area contributed by atoms with Gasteiger partial charge in [0.1, 0.15) is 0 Å². The lowest BCUT2D eigenvalue weighted by molar-refractivity contribution is -0.0540. The fourth-order valence-electron chi connectivity index (χ4n) is 8.71. The first-order chi connectivity index (χ1) is 14.5. The molecule has 174 valence electrons. The van der Waals surface area contributed by atoms with Crippen molar-refractivity contribution in [2.24, 2.45) is 45.8 Å². The number of hydrogen-bond donors (Lipinski definition) is 1. The van der Waals surface area contributed by atoms with Crippen LogP contribution in [0.5, 0.6) is 0 Å². The molecule has 31 heavy (non-hydrogen) atoms. The number of allylic oxidation sites excluding steroid dienone is 5. The first-order valence-electron chi connectivity index (χ1n) is 13.2. The van der Waals surface area contributed by atoms with Crippen LogP contribution in [0.4, 0.5) is 0 Å². The van der Waals surface area contributed by atoms with Crippen molar-refractivity contribution in [2.45, 2.75) is 106 Å². The topological polar surface area (TPSA) is 20.2 Å². The maximum Gasteiger partial charge on any atom is 0.0577 e. The largest absolute Gasteiger partial charge is 0.393 e. The molecule has 1 heteroatoms. The van der Waals surface area contributed by atoms with E-state index in [0.717, 1.165) is 36.5 Å².